The molecule has 11 atom stereocenters. The first-order valence-corrected chi connectivity index (χ1v) is 25.2. The largest absolute Gasteiger partial charge is 0.508 e. The molecule has 1 heterocycles. The normalized spacial score (nSPS) is 15.2. The van der Waals surface area contributed by atoms with Crippen LogP contribution < -0.4 is 65.1 Å². The lowest BCUT2D eigenvalue weighted by atomic mass is 10.0. The van der Waals surface area contributed by atoms with Crippen LogP contribution in [0.1, 0.15) is 77.5 Å². The number of phenols is 1. The number of carboxylic acids is 2. The lowest BCUT2D eigenvalue weighted by Gasteiger charge is -2.28. The topological polar surface area (TPSA) is 541 Å². The molecule has 0 bridgehead atoms. The predicted molar refractivity (Wildman–Crippen MR) is 277 cm³/mol. The fraction of sp³-hybridized carbons (Fsp3) is 0.562. The van der Waals surface area contributed by atoms with Crippen LogP contribution >= 0.6 is 0 Å². The molecule has 0 aliphatic rings. The first kappa shape index (κ1) is 67.8. The van der Waals surface area contributed by atoms with Gasteiger partial charge < -0.3 is 101 Å². The van der Waals surface area contributed by atoms with Gasteiger partial charge in [-0.1, -0.05) is 26.0 Å². The summed E-state index contributed by atoms with van der Waals surface area (Å²) in [5.41, 5.74) is 17.4. The van der Waals surface area contributed by atoms with Crippen LogP contribution in [0, 0.1) is 5.92 Å². The Morgan fingerprint density at radius 3 is 1.59 bits per heavy atom. The van der Waals surface area contributed by atoms with Crippen LogP contribution in [-0.2, 0) is 70.4 Å². The van der Waals surface area contributed by atoms with Gasteiger partial charge in [0, 0.05) is 24.7 Å². The average Bonchev–Trinajstić information content (AvgIpc) is 3.90. The summed E-state index contributed by atoms with van der Waals surface area (Å²) < 4.78 is 0. The van der Waals surface area contributed by atoms with E-state index in [9.17, 15) is 88.2 Å². The summed E-state index contributed by atoms with van der Waals surface area (Å²) in [5, 5.41) is 80.3. The Morgan fingerprint density at radius 1 is 0.588 bits per heavy atom. The molecule has 2 aromatic rings. The number of unbranched alkanes of at least 4 members (excludes halogenated alkanes) is 1. The van der Waals surface area contributed by atoms with Crippen LogP contribution in [0.4, 0.5) is 0 Å². The Labute approximate surface area is 458 Å². The summed E-state index contributed by atoms with van der Waals surface area (Å²) in [6.45, 7) is 3.68. The van der Waals surface area contributed by atoms with Crippen molar-refractivity contribution in [1.29, 1.82) is 0 Å². The lowest BCUT2D eigenvalue weighted by molar-refractivity contribution is -0.142. The number of carbonyl (C=O) groups excluding carboxylic acids is 10. The highest BCUT2D eigenvalue weighted by Crippen LogP contribution is 2.13. The Kier molecular flexibility index (Phi) is 28.7. The highest BCUT2D eigenvalue weighted by Gasteiger charge is 2.37. The van der Waals surface area contributed by atoms with E-state index in [4.69, 9.17) is 17.2 Å². The molecule has 32 nitrogen and oxygen atoms in total. The van der Waals surface area contributed by atoms with E-state index in [0.29, 0.717) is 12.1 Å². The molecule has 0 saturated carbocycles. The minimum atomic E-state index is -1.99. The molecule has 11 unspecified atom stereocenters. The molecule has 2 rings (SSSR count). The molecule has 0 saturated heterocycles. The smallest absolute Gasteiger partial charge is 0.326 e. The van der Waals surface area contributed by atoms with Gasteiger partial charge in [0.2, 0.25) is 59.1 Å². The van der Waals surface area contributed by atoms with Gasteiger partial charge in [0.1, 0.15) is 60.1 Å². The van der Waals surface area contributed by atoms with Crippen LogP contribution in [0.5, 0.6) is 5.75 Å². The number of phenolic OH excluding ortho intramolecular Hbond substituents is 1. The van der Waals surface area contributed by atoms with Crippen molar-refractivity contribution in [2.75, 3.05) is 19.8 Å². The molecule has 444 valence electrons. The summed E-state index contributed by atoms with van der Waals surface area (Å²) in [6.07, 6.45) is -0.947. The maximum absolute atomic E-state index is 13.9. The number of aliphatic hydroxyl groups is 3. The van der Waals surface area contributed by atoms with Gasteiger partial charge in [0.25, 0.3) is 0 Å². The Morgan fingerprint density at radius 2 is 1.07 bits per heavy atom. The number of nitrogens with one attached hydrogen (secondary N) is 10. The molecule has 0 radical (unpaired) electrons. The van der Waals surface area contributed by atoms with E-state index < -0.39 is 170 Å². The van der Waals surface area contributed by atoms with Gasteiger partial charge in [-0.05, 0) is 69.7 Å². The molecule has 32 heteroatoms. The molecule has 1 aromatic heterocycles. The number of nitrogens with zero attached hydrogens (tertiary/aromatic N) is 1. The number of aromatic hydroxyl groups is 1. The molecule has 0 spiro atoms. The third-order valence-electron chi connectivity index (χ3n) is 11.7. The summed E-state index contributed by atoms with van der Waals surface area (Å²) >= 11 is 0. The number of aliphatic carboxylic acids is 2. The van der Waals surface area contributed by atoms with E-state index in [1.165, 1.54) is 43.7 Å². The van der Waals surface area contributed by atoms with Crippen LogP contribution in [0.25, 0.3) is 0 Å². The molecule has 0 fully saturated rings. The third kappa shape index (κ3) is 23.7. The van der Waals surface area contributed by atoms with Gasteiger partial charge in [0.05, 0.1) is 44.5 Å². The first-order chi connectivity index (χ1) is 37.6. The molecule has 1 aromatic carbocycles. The monoisotopic (exact) mass is 1130 g/mol. The van der Waals surface area contributed by atoms with Crippen molar-refractivity contribution in [3.63, 3.8) is 0 Å². The van der Waals surface area contributed by atoms with Crippen molar-refractivity contribution >= 4 is 71.0 Å². The molecule has 80 heavy (non-hydrogen) atoms. The Hall–Kier alpha value is -8.33. The van der Waals surface area contributed by atoms with Crippen molar-refractivity contribution in [3.8, 4) is 5.75 Å². The van der Waals surface area contributed by atoms with Crippen LogP contribution in [0.15, 0.2) is 36.8 Å². The second-order valence-electron chi connectivity index (χ2n) is 19.0. The zero-order valence-electron chi connectivity index (χ0n) is 44.4. The maximum atomic E-state index is 13.9. The number of nitrogens with two attached hydrogens (primary N) is 3. The van der Waals surface area contributed by atoms with Gasteiger partial charge in [-0.2, -0.15) is 0 Å². The van der Waals surface area contributed by atoms with Crippen LogP contribution in [0.3, 0.4) is 0 Å². The predicted octanol–water partition coefficient (Wildman–Crippen LogP) is -7.41. The van der Waals surface area contributed by atoms with Gasteiger partial charge in [-0.3, -0.25) is 52.7 Å². The number of carboxylic acid groups (broad SMARTS) is 2. The first-order valence-electron chi connectivity index (χ1n) is 25.2. The van der Waals surface area contributed by atoms with E-state index >= 15 is 0 Å². The molecule has 0 aliphatic heterocycles. The zero-order valence-corrected chi connectivity index (χ0v) is 44.4. The van der Waals surface area contributed by atoms with Gasteiger partial charge >= 0.3 is 11.9 Å². The van der Waals surface area contributed by atoms with Crippen molar-refractivity contribution < 1.29 is 88.2 Å². The number of aromatic amines is 1. The number of hydrogen-bond acceptors (Lipinski definition) is 19. The molecule has 10 amide bonds. The van der Waals surface area contributed by atoms with E-state index in [1.807, 2.05) is 0 Å². The SMILES string of the molecule is CC(C)CC(N)C(=O)NC(CC(=O)O)C(=O)NC(CCCCN)C(=O)NC(C)C(=O)NC(CO)C(=O)NC(Cc1ccc(O)cc1)C(=O)NC(CO)C(=O)NC(C(=O)NC(CC(N)=O)C(=O)NC(Cc1cnc[nH]1)C(=O)O)C(C)O. The minimum Gasteiger partial charge on any atom is -0.508 e. The number of rotatable bonds is 36. The second kappa shape index (κ2) is 33.8. The van der Waals surface area contributed by atoms with Gasteiger partial charge in [0.15, 0.2) is 0 Å². The summed E-state index contributed by atoms with van der Waals surface area (Å²) in [6, 6.07) is -11.5. The number of hydrogen-bond donors (Lipinski definition) is 19. The van der Waals surface area contributed by atoms with E-state index in [1.54, 1.807) is 13.8 Å². The maximum Gasteiger partial charge on any atom is 0.326 e. The summed E-state index contributed by atoms with van der Waals surface area (Å²) in [4.78, 5) is 163. The van der Waals surface area contributed by atoms with Crippen LogP contribution in [-0.4, -0.2) is 198 Å². The molecular weight excluding hydrogens is 1060 g/mol. The van der Waals surface area contributed by atoms with Crippen molar-refractivity contribution in [2.45, 2.75) is 146 Å². The van der Waals surface area contributed by atoms with Crippen molar-refractivity contribution in [1.82, 2.24) is 57.8 Å². The number of H-pyrrole nitrogens is 1. The number of aromatic nitrogens is 2. The summed E-state index contributed by atoms with van der Waals surface area (Å²) in [7, 11) is 0. The fourth-order valence-electron chi connectivity index (χ4n) is 7.42. The highest BCUT2D eigenvalue weighted by atomic mass is 16.4. The number of aliphatic hydroxyl groups excluding tert-OH is 3. The molecular formula is C48H74N14O18. The lowest BCUT2D eigenvalue weighted by Crippen LogP contribution is -2.62. The number of imidazole rings is 1. The zero-order chi connectivity index (χ0) is 60.4. The number of benzene rings is 1. The number of amides is 10. The van der Waals surface area contributed by atoms with E-state index in [-0.39, 0.29) is 49.5 Å². The Bertz CT molecular complexity index is 2440. The molecule has 0 aliphatic carbocycles. The van der Waals surface area contributed by atoms with E-state index in [2.05, 4.69) is 57.8 Å². The van der Waals surface area contributed by atoms with Crippen LogP contribution in [0.2, 0.25) is 0 Å². The fourth-order valence-corrected chi connectivity index (χ4v) is 7.42. The quantitative estimate of drug-likeness (QED) is 0.0282. The van der Waals surface area contributed by atoms with Crippen molar-refractivity contribution in [3.05, 3.63) is 48.0 Å². The number of primary amides is 1. The molecule has 22 N–H and O–H groups in total. The standard InChI is InChI=1S/C48H74N14O18/c1-22(2)13-28(50)40(71)56-32(17-37(68)69)44(75)55-29(7-5-6-12-49)41(72)54-23(3)39(70)60-34(19-63)45(76)57-30(14-25-8-10-27(66)11-9-25)42(73)61-35(20-64)46(77)62-38(24(4)65)47(78)58-31(16-36(51)67)43(74)59-33(48(79)80)15-26-18-52-21-53-26/h8-11,18,21-24,28-35,38,63-66H,5-7,12-17,19-20,49-50H2,1-4H3,(H2,51,67)(H,52,53)(H,54,72)(H,55,75)(H,56,71)(H,57,76)(H,58,78)(H,59,74)(H,60,70)(H,61,73)(H,62,77)(H,68,69)(H,79,80). The minimum absolute atomic E-state index is 0.0216. The summed E-state index contributed by atoms with van der Waals surface area (Å²) in [5.74, 6) is -14.5. The number of carbonyl (C=O) groups is 12. The van der Waals surface area contributed by atoms with Gasteiger partial charge in [-0.25, -0.2) is 9.78 Å². The second-order valence-corrected chi connectivity index (χ2v) is 19.0. The van der Waals surface area contributed by atoms with E-state index in [0.717, 1.165) is 6.92 Å². The average molecular weight is 1140 g/mol. The van der Waals surface area contributed by atoms with Gasteiger partial charge in [-0.15, -0.1) is 0 Å². The Balaban J connectivity index is 2.29. The third-order valence-corrected chi connectivity index (χ3v) is 11.7. The van der Waals surface area contributed by atoms with Crippen molar-refractivity contribution in [2.24, 2.45) is 23.1 Å². The highest BCUT2D eigenvalue weighted by molar-refractivity contribution is 5.99.